The lowest BCUT2D eigenvalue weighted by molar-refractivity contribution is -0.142. The van der Waals surface area contributed by atoms with Gasteiger partial charge in [-0.25, -0.2) is 4.79 Å². The second kappa shape index (κ2) is 9.47. The Hall–Kier alpha value is -1.99. The van der Waals surface area contributed by atoms with E-state index >= 15 is 0 Å². The molecule has 0 bridgehead atoms. The second-order valence-corrected chi connectivity index (χ2v) is 7.66. The molecule has 1 saturated carbocycles. The average molecular weight is 392 g/mol. The van der Waals surface area contributed by atoms with E-state index in [2.05, 4.69) is 15.5 Å². The molecule has 28 heavy (non-hydrogen) atoms. The van der Waals surface area contributed by atoms with Gasteiger partial charge in [0.1, 0.15) is 5.60 Å². The van der Waals surface area contributed by atoms with E-state index in [4.69, 9.17) is 9.47 Å². The Balaban J connectivity index is 1.69. The summed E-state index contributed by atoms with van der Waals surface area (Å²) in [6, 6.07) is 5.44. The van der Waals surface area contributed by atoms with Crippen LogP contribution in [0.2, 0.25) is 0 Å². The number of phenolic OH excluding ortho intramolecular Hbond substituents is 1. The van der Waals surface area contributed by atoms with E-state index in [1.54, 1.807) is 6.07 Å². The fourth-order valence-electron chi connectivity index (χ4n) is 4.35. The minimum atomic E-state index is -0.332. The number of phenols is 1. The third-order valence-corrected chi connectivity index (χ3v) is 5.64. The maximum Gasteiger partial charge on any atom is 0.315 e. The SMILES string of the molecule is CCNC(=O)N[C@@H]1CCCC[C@]12CN(Cc1ccc(O)c(OCC)c1)CCO2. The van der Waals surface area contributed by atoms with E-state index in [-0.39, 0.29) is 23.4 Å². The molecule has 0 unspecified atom stereocenters. The van der Waals surface area contributed by atoms with Gasteiger partial charge in [-0.1, -0.05) is 18.9 Å². The van der Waals surface area contributed by atoms with Gasteiger partial charge in [0.25, 0.3) is 0 Å². The van der Waals surface area contributed by atoms with Gasteiger partial charge in [-0.2, -0.15) is 0 Å². The highest BCUT2D eigenvalue weighted by Gasteiger charge is 2.45. The number of rotatable bonds is 6. The quantitative estimate of drug-likeness (QED) is 0.694. The van der Waals surface area contributed by atoms with E-state index < -0.39 is 0 Å². The molecule has 1 aliphatic carbocycles. The second-order valence-electron chi connectivity index (χ2n) is 7.66. The number of carbonyl (C=O) groups is 1. The van der Waals surface area contributed by atoms with Crippen LogP contribution in [0.3, 0.4) is 0 Å². The number of hydrogen-bond donors (Lipinski definition) is 3. The normalized spacial score (nSPS) is 25.4. The highest BCUT2D eigenvalue weighted by Crippen LogP contribution is 2.36. The number of urea groups is 1. The van der Waals surface area contributed by atoms with Crippen LogP contribution in [0.1, 0.15) is 45.1 Å². The molecule has 156 valence electrons. The highest BCUT2D eigenvalue weighted by molar-refractivity contribution is 5.74. The number of morpholine rings is 1. The number of ether oxygens (including phenoxy) is 2. The minimum Gasteiger partial charge on any atom is -0.504 e. The number of benzene rings is 1. The maximum atomic E-state index is 12.1. The molecule has 1 spiro atoms. The first kappa shape index (κ1) is 20.7. The predicted octanol–water partition coefficient (Wildman–Crippen LogP) is 2.62. The van der Waals surface area contributed by atoms with Crippen LogP contribution in [0.5, 0.6) is 11.5 Å². The zero-order valence-corrected chi connectivity index (χ0v) is 17.0. The van der Waals surface area contributed by atoms with E-state index in [1.165, 1.54) is 0 Å². The zero-order valence-electron chi connectivity index (χ0n) is 17.0. The van der Waals surface area contributed by atoms with Crippen LogP contribution in [0, 0.1) is 0 Å². The van der Waals surface area contributed by atoms with Crippen molar-refractivity contribution in [2.75, 3.05) is 32.8 Å². The van der Waals surface area contributed by atoms with Crippen LogP contribution in [-0.4, -0.2) is 60.5 Å². The first-order valence-corrected chi connectivity index (χ1v) is 10.4. The van der Waals surface area contributed by atoms with Gasteiger partial charge in [0.05, 0.1) is 19.3 Å². The van der Waals surface area contributed by atoms with Gasteiger partial charge in [-0.05, 0) is 44.4 Å². The molecule has 7 nitrogen and oxygen atoms in total. The average Bonchev–Trinajstić information content (AvgIpc) is 2.67. The molecule has 0 aromatic heterocycles. The Bertz CT molecular complexity index is 665. The first-order valence-electron chi connectivity index (χ1n) is 10.4. The van der Waals surface area contributed by atoms with Gasteiger partial charge in [-0.3, -0.25) is 4.90 Å². The molecule has 1 aliphatic heterocycles. The van der Waals surface area contributed by atoms with Crippen molar-refractivity contribution in [2.24, 2.45) is 0 Å². The Kier molecular flexibility index (Phi) is 7.02. The molecule has 1 aromatic rings. The maximum absolute atomic E-state index is 12.1. The lowest BCUT2D eigenvalue weighted by atomic mass is 9.79. The minimum absolute atomic E-state index is 0.0226. The van der Waals surface area contributed by atoms with Crippen molar-refractivity contribution in [2.45, 2.75) is 57.7 Å². The Morgan fingerprint density at radius 2 is 2.25 bits per heavy atom. The predicted molar refractivity (Wildman–Crippen MR) is 108 cm³/mol. The summed E-state index contributed by atoms with van der Waals surface area (Å²) in [5.74, 6) is 0.693. The van der Waals surface area contributed by atoms with Crippen molar-refractivity contribution in [1.82, 2.24) is 15.5 Å². The van der Waals surface area contributed by atoms with Crippen LogP contribution in [0.25, 0.3) is 0 Å². The molecular weight excluding hydrogens is 358 g/mol. The van der Waals surface area contributed by atoms with Crippen molar-refractivity contribution in [3.8, 4) is 11.5 Å². The third kappa shape index (κ3) is 4.89. The first-order chi connectivity index (χ1) is 13.6. The molecule has 2 fully saturated rings. The fraction of sp³-hybridized carbons (Fsp3) is 0.667. The number of carbonyl (C=O) groups excluding carboxylic acids is 1. The van der Waals surface area contributed by atoms with Crippen molar-refractivity contribution >= 4 is 6.03 Å². The van der Waals surface area contributed by atoms with Crippen LogP contribution >= 0.6 is 0 Å². The summed E-state index contributed by atoms with van der Waals surface area (Å²) in [5.41, 5.74) is 0.767. The zero-order chi connectivity index (χ0) is 20.0. The summed E-state index contributed by atoms with van der Waals surface area (Å²) in [6.07, 6.45) is 4.13. The molecule has 3 N–H and O–H groups in total. The summed E-state index contributed by atoms with van der Waals surface area (Å²) >= 11 is 0. The van der Waals surface area contributed by atoms with Crippen molar-refractivity contribution in [3.05, 3.63) is 23.8 Å². The van der Waals surface area contributed by atoms with Crippen LogP contribution in [0.15, 0.2) is 18.2 Å². The van der Waals surface area contributed by atoms with Crippen LogP contribution in [-0.2, 0) is 11.3 Å². The van der Waals surface area contributed by atoms with Crippen molar-refractivity contribution in [3.63, 3.8) is 0 Å². The van der Waals surface area contributed by atoms with Gasteiger partial charge in [-0.15, -0.1) is 0 Å². The summed E-state index contributed by atoms with van der Waals surface area (Å²) in [7, 11) is 0. The lowest BCUT2D eigenvalue weighted by Crippen LogP contribution is -2.64. The summed E-state index contributed by atoms with van der Waals surface area (Å²) in [6.45, 7) is 8.01. The molecular formula is C21H33N3O4. The summed E-state index contributed by atoms with van der Waals surface area (Å²) < 4.78 is 11.8. The van der Waals surface area contributed by atoms with Gasteiger partial charge in [0, 0.05) is 26.2 Å². The Labute approximate surface area is 167 Å². The van der Waals surface area contributed by atoms with E-state index in [0.717, 1.165) is 50.9 Å². The van der Waals surface area contributed by atoms with E-state index in [1.807, 2.05) is 26.0 Å². The number of aromatic hydroxyl groups is 1. The largest absolute Gasteiger partial charge is 0.504 e. The van der Waals surface area contributed by atoms with Gasteiger partial charge in [0.2, 0.25) is 0 Å². The molecule has 2 aliphatic rings. The monoisotopic (exact) mass is 391 g/mol. The van der Waals surface area contributed by atoms with Crippen molar-refractivity contribution in [1.29, 1.82) is 0 Å². The Morgan fingerprint density at radius 1 is 1.39 bits per heavy atom. The lowest BCUT2D eigenvalue weighted by Gasteiger charge is -2.49. The van der Waals surface area contributed by atoms with Gasteiger partial charge >= 0.3 is 6.03 Å². The molecule has 3 rings (SSSR count). The van der Waals surface area contributed by atoms with E-state index in [9.17, 15) is 9.90 Å². The van der Waals surface area contributed by atoms with E-state index in [0.29, 0.717) is 25.5 Å². The van der Waals surface area contributed by atoms with Crippen LogP contribution in [0.4, 0.5) is 4.79 Å². The molecule has 2 atom stereocenters. The topological polar surface area (TPSA) is 83.1 Å². The third-order valence-electron chi connectivity index (χ3n) is 5.64. The Morgan fingerprint density at radius 3 is 3.04 bits per heavy atom. The number of nitrogens with one attached hydrogen (secondary N) is 2. The summed E-state index contributed by atoms with van der Waals surface area (Å²) in [5, 5.41) is 15.9. The highest BCUT2D eigenvalue weighted by atomic mass is 16.5. The van der Waals surface area contributed by atoms with Gasteiger partial charge < -0.3 is 25.2 Å². The van der Waals surface area contributed by atoms with Crippen LogP contribution < -0.4 is 15.4 Å². The standard InChI is InChI=1S/C21H33N3O4/c1-3-22-20(26)23-19-7-5-6-10-21(19)15-24(11-12-28-21)14-16-8-9-17(25)18(13-16)27-4-2/h8-9,13,19,25H,3-7,10-12,14-15H2,1-2H3,(H2,22,23,26)/t19-,21+/m1/s1. The molecule has 1 aromatic carbocycles. The molecule has 2 amide bonds. The fourth-order valence-corrected chi connectivity index (χ4v) is 4.35. The number of amides is 2. The summed E-state index contributed by atoms with van der Waals surface area (Å²) in [4.78, 5) is 14.5. The smallest absolute Gasteiger partial charge is 0.315 e. The number of nitrogens with zero attached hydrogens (tertiary/aromatic N) is 1. The molecule has 0 radical (unpaired) electrons. The molecule has 1 saturated heterocycles. The number of hydrogen-bond acceptors (Lipinski definition) is 5. The van der Waals surface area contributed by atoms with Gasteiger partial charge in [0.15, 0.2) is 11.5 Å². The molecule has 7 heteroatoms. The molecule has 1 heterocycles. The van der Waals surface area contributed by atoms with Crippen molar-refractivity contribution < 1.29 is 19.4 Å².